The summed E-state index contributed by atoms with van der Waals surface area (Å²) in [5, 5.41) is 7.09. The highest BCUT2D eigenvalue weighted by Gasteiger charge is 2.52. The van der Waals surface area contributed by atoms with Gasteiger partial charge in [0.05, 0.1) is 6.54 Å². The lowest BCUT2D eigenvalue weighted by Crippen LogP contribution is -2.65. The Labute approximate surface area is 189 Å². The zero-order valence-corrected chi connectivity index (χ0v) is 19.7. The molecule has 0 radical (unpaired) electrons. The molecule has 1 aromatic rings. The summed E-state index contributed by atoms with van der Waals surface area (Å²) in [5.74, 6) is 0.519. The Morgan fingerprint density at radius 1 is 1.10 bits per heavy atom. The number of nitrogens with one attached hydrogen (secondary N) is 2. The van der Waals surface area contributed by atoms with Crippen LogP contribution in [0.15, 0.2) is 18.2 Å². The minimum absolute atomic E-state index is 0.0343. The highest BCUT2D eigenvalue weighted by Crippen LogP contribution is 2.51. The Morgan fingerprint density at radius 2 is 1.70 bits per heavy atom. The van der Waals surface area contributed by atoms with Crippen molar-refractivity contribution in [3.8, 4) is 0 Å². The maximum Gasteiger partial charge on any atom is 0.251 e. The predicted octanol–water partition coefficient (Wildman–Crippen LogP) is 4.52. The first kappa shape index (κ1) is 23.4. The topological polar surface area (TPSA) is 61.4 Å². The van der Waals surface area contributed by atoms with Gasteiger partial charge < -0.3 is 10.6 Å². The van der Waals surface area contributed by atoms with E-state index in [1.807, 2.05) is 13.8 Å². The van der Waals surface area contributed by atoms with E-state index in [1.165, 1.54) is 6.42 Å². The molecule has 0 atom stereocenters. The van der Waals surface area contributed by atoms with E-state index in [0.717, 1.165) is 38.8 Å². The molecule has 1 aliphatic heterocycles. The third-order valence-electron chi connectivity index (χ3n) is 6.50. The first-order chi connectivity index (χ1) is 14.2. The standard InChI is InChI=1S/C21H27Cl2N3O2.C2H6/c1-20(3-2-4-20)25-18(27)11-26-12-21(13-26)8-14(9-21)10-24-19(28)15-5-16(22)7-17(23)6-15;1-2/h5-7,14H,2-4,8-13H2,1H3,(H,24,28)(H,25,27);1-2H3. The zero-order chi connectivity index (χ0) is 21.9. The second-order valence-corrected chi connectivity index (χ2v) is 10.1. The van der Waals surface area contributed by atoms with Crippen LogP contribution in [-0.2, 0) is 4.79 Å². The summed E-state index contributed by atoms with van der Waals surface area (Å²) in [6, 6.07) is 4.87. The molecule has 1 aromatic carbocycles. The molecule has 0 aromatic heterocycles. The molecule has 2 amide bonds. The molecule has 166 valence electrons. The number of carbonyl (C=O) groups excluding carboxylic acids is 2. The summed E-state index contributed by atoms with van der Waals surface area (Å²) in [6.07, 6.45) is 5.62. The Morgan fingerprint density at radius 3 is 2.23 bits per heavy atom. The van der Waals surface area contributed by atoms with Gasteiger partial charge in [-0.3, -0.25) is 14.5 Å². The van der Waals surface area contributed by atoms with Gasteiger partial charge in [-0.25, -0.2) is 0 Å². The van der Waals surface area contributed by atoms with Crippen LogP contribution in [0.4, 0.5) is 0 Å². The van der Waals surface area contributed by atoms with Gasteiger partial charge in [-0.1, -0.05) is 37.0 Å². The van der Waals surface area contributed by atoms with Gasteiger partial charge in [0.15, 0.2) is 0 Å². The van der Waals surface area contributed by atoms with Crippen LogP contribution in [-0.4, -0.2) is 48.4 Å². The summed E-state index contributed by atoms with van der Waals surface area (Å²) in [7, 11) is 0. The number of amides is 2. The third kappa shape index (κ3) is 5.49. The summed E-state index contributed by atoms with van der Waals surface area (Å²) in [4.78, 5) is 26.7. The van der Waals surface area contributed by atoms with E-state index in [9.17, 15) is 9.59 Å². The van der Waals surface area contributed by atoms with Gasteiger partial charge in [-0.15, -0.1) is 0 Å². The van der Waals surface area contributed by atoms with Gasteiger partial charge in [0, 0.05) is 40.8 Å². The number of rotatable bonds is 6. The molecule has 3 aliphatic rings. The molecule has 2 saturated carbocycles. The molecule has 3 fully saturated rings. The van der Waals surface area contributed by atoms with Gasteiger partial charge in [0.1, 0.15) is 0 Å². The molecule has 4 rings (SSSR count). The fraction of sp³-hybridized carbons (Fsp3) is 0.652. The quantitative estimate of drug-likeness (QED) is 0.665. The summed E-state index contributed by atoms with van der Waals surface area (Å²) in [6.45, 7) is 9.29. The summed E-state index contributed by atoms with van der Waals surface area (Å²) >= 11 is 11.9. The molecular formula is C23H33Cl2N3O2. The van der Waals surface area contributed by atoms with Gasteiger partial charge in [0.25, 0.3) is 5.91 Å². The number of carbonyl (C=O) groups is 2. The number of nitrogens with zero attached hydrogens (tertiary/aromatic N) is 1. The monoisotopic (exact) mass is 453 g/mol. The van der Waals surface area contributed by atoms with Gasteiger partial charge in [-0.05, 0) is 68.6 Å². The van der Waals surface area contributed by atoms with Crippen LogP contribution >= 0.6 is 23.2 Å². The normalized spacial score (nSPS) is 21.4. The Kier molecular flexibility index (Phi) is 7.36. The lowest BCUT2D eigenvalue weighted by molar-refractivity contribution is -0.134. The number of hydrogen-bond donors (Lipinski definition) is 2. The van der Waals surface area contributed by atoms with Crippen LogP contribution in [0.3, 0.4) is 0 Å². The van der Waals surface area contributed by atoms with E-state index in [-0.39, 0.29) is 17.4 Å². The first-order valence-corrected chi connectivity index (χ1v) is 11.8. The molecule has 1 spiro atoms. The van der Waals surface area contributed by atoms with Gasteiger partial charge >= 0.3 is 0 Å². The van der Waals surface area contributed by atoms with Crippen LogP contribution in [0, 0.1) is 11.3 Å². The zero-order valence-electron chi connectivity index (χ0n) is 18.2. The van der Waals surface area contributed by atoms with E-state index in [4.69, 9.17) is 23.2 Å². The van der Waals surface area contributed by atoms with Crippen molar-refractivity contribution < 1.29 is 9.59 Å². The van der Waals surface area contributed by atoms with Crippen molar-refractivity contribution in [2.24, 2.45) is 11.3 Å². The van der Waals surface area contributed by atoms with Crippen molar-refractivity contribution in [1.29, 1.82) is 0 Å². The van der Waals surface area contributed by atoms with E-state index >= 15 is 0 Å². The summed E-state index contributed by atoms with van der Waals surface area (Å²) in [5.41, 5.74) is 0.884. The van der Waals surface area contributed by atoms with Crippen molar-refractivity contribution in [1.82, 2.24) is 15.5 Å². The maximum absolute atomic E-state index is 12.3. The smallest absolute Gasteiger partial charge is 0.251 e. The largest absolute Gasteiger partial charge is 0.352 e. The minimum atomic E-state index is -0.137. The second kappa shape index (κ2) is 9.46. The Bertz CT molecular complexity index is 760. The third-order valence-corrected chi connectivity index (χ3v) is 6.94. The van der Waals surface area contributed by atoms with Crippen LogP contribution in [0.5, 0.6) is 0 Å². The maximum atomic E-state index is 12.3. The van der Waals surface area contributed by atoms with Crippen molar-refractivity contribution in [3.05, 3.63) is 33.8 Å². The van der Waals surface area contributed by atoms with Crippen LogP contribution in [0.25, 0.3) is 0 Å². The molecule has 7 heteroatoms. The minimum Gasteiger partial charge on any atom is -0.352 e. The predicted molar refractivity (Wildman–Crippen MR) is 122 cm³/mol. The number of hydrogen-bond acceptors (Lipinski definition) is 3. The highest BCUT2D eigenvalue weighted by molar-refractivity contribution is 6.35. The molecule has 2 N–H and O–H groups in total. The average molecular weight is 454 g/mol. The first-order valence-electron chi connectivity index (χ1n) is 11.0. The Balaban J connectivity index is 0.00000124. The van der Waals surface area contributed by atoms with Gasteiger partial charge in [-0.2, -0.15) is 0 Å². The van der Waals surface area contributed by atoms with E-state index in [0.29, 0.717) is 40.0 Å². The van der Waals surface area contributed by atoms with Crippen LogP contribution in [0.1, 0.15) is 63.2 Å². The molecule has 30 heavy (non-hydrogen) atoms. The highest BCUT2D eigenvalue weighted by atomic mass is 35.5. The van der Waals surface area contributed by atoms with E-state index in [2.05, 4.69) is 22.5 Å². The number of halogens is 2. The molecule has 5 nitrogen and oxygen atoms in total. The summed E-state index contributed by atoms with van der Waals surface area (Å²) < 4.78 is 0. The number of benzene rings is 1. The van der Waals surface area contributed by atoms with Gasteiger partial charge in [0.2, 0.25) is 5.91 Å². The molecular weight excluding hydrogens is 421 g/mol. The molecule has 2 aliphatic carbocycles. The SMILES string of the molecule is CC.CC1(NC(=O)CN2CC3(CC(CNC(=O)c4cc(Cl)cc(Cl)c4)C3)C2)CCC1. The van der Waals surface area contributed by atoms with E-state index < -0.39 is 0 Å². The van der Waals surface area contributed by atoms with E-state index in [1.54, 1.807) is 18.2 Å². The molecule has 0 bridgehead atoms. The van der Waals surface area contributed by atoms with Crippen molar-refractivity contribution >= 4 is 35.0 Å². The lowest BCUT2D eigenvalue weighted by atomic mass is 9.57. The average Bonchev–Trinajstić information content (AvgIpc) is 2.61. The molecule has 0 unspecified atom stereocenters. The van der Waals surface area contributed by atoms with Crippen molar-refractivity contribution in [2.75, 3.05) is 26.2 Å². The van der Waals surface area contributed by atoms with Crippen LogP contribution in [0.2, 0.25) is 10.0 Å². The van der Waals surface area contributed by atoms with Crippen LogP contribution < -0.4 is 10.6 Å². The molecule has 1 heterocycles. The molecule has 1 saturated heterocycles. The fourth-order valence-corrected chi connectivity index (χ4v) is 5.54. The fourth-order valence-electron chi connectivity index (χ4n) is 5.02. The lowest BCUT2D eigenvalue weighted by Gasteiger charge is -2.59. The number of likely N-dealkylation sites (tertiary alicyclic amines) is 1. The Hall–Kier alpha value is -1.30. The van der Waals surface area contributed by atoms with Crippen molar-refractivity contribution in [2.45, 2.75) is 58.4 Å². The van der Waals surface area contributed by atoms with Crippen molar-refractivity contribution in [3.63, 3.8) is 0 Å². The second-order valence-electron chi connectivity index (χ2n) is 9.25.